The van der Waals surface area contributed by atoms with Crippen LogP contribution in [0.5, 0.6) is 0 Å². The Balaban J connectivity index is 1.82. The first-order valence-electron chi connectivity index (χ1n) is 11.4. The Morgan fingerprint density at radius 1 is 1.03 bits per heavy atom. The molecule has 37 heavy (non-hydrogen) atoms. The first kappa shape index (κ1) is 28.5. The summed E-state index contributed by atoms with van der Waals surface area (Å²) in [6.07, 6.45) is -0.389. The molecule has 0 unspecified atom stereocenters. The number of anilines is 2. The second-order valence-electron chi connectivity index (χ2n) is 9.24. The minimum absolute atomic E-state index is 0.270. The smallest absolute Gasteiger partial charge is 0.410 e. The molecule has 1 fully saturated rings. The maximum Gasteiger partial charge on any atom is 0.410 e. The number of rotatable bonds is 6. The van der Waals surface area contributed by atoms with Gasteiger partial charge in [-0.05, 0) is 76.9 Å². The highest BCUT2D eigenvalue weighted by Gasteiger charge is 2.27. The van der Waals surface area contributed by atoms with E-state index in [1.807, 2.05) is 25.7 Å². The molecule has 1 aromatic carbocycles. The van der Waals surface area contributed by atoms with Crippen molar-refractivity contribution < 1.29 is 28.7 Å². The predicted octanol–water partition coefficient (Wildman–Crippen LogP) is 3.75. The van der Waals surface area contributed by atoms with Crippen LogP contribution in [0.1, 0.15) is 41.6 Å². The molecule has 13 heteroatoms. The second kappa shape index (κ2) is 12.0. The highest BCUT2D eigenvalue weighted by molar-refractivity contribution is 9.13. The summed E-state index contributed by atoms with van der Waals surface area (Å²) in [7, 11) is 1.24. The van der Waals surface area contributed by atoms with Crippen LogP contribution in [0.25, 0.3) is 0 Å². The molecule has 1 aliphatic heterocycles. The summed E-state index contributed by atoms with van der Waals surface area (Å²) in [5, 5.41) is 5.41. The number of nitrogens with zero attached hydrogens (tertiary/aromatic N) is 2. The van der Waals surface area contributed by atoms with Gasteiger partial charge in [0.25, 0.3) is 11.8 Å². The molecule has 0 radical (unpaired) electrons. The number of nitrogens with one attached hydrogen (secondary N) is 3. The van der Waals surface area contributed by atoms with Crippen molar-refractivity contribution >= 4 is 67.1 Å². The maximum atomic E-state index is 12.9. The topological polar surface area (TPSA) is 133 Å². The molecule has 2 aromatic rings. The van der Waals surface area contributed by atoms with Gasteiger partial charge in [0.15, 0.2) is 0 Å². The van der Waals surface area contributed by atoms with Gasteiger partial charge in [0.2, 0.25) is 0 Å². The zero-order valence-electron chi connectivity index (χ0n) is 20.9. The lowest BCUT2D eigenvalue weighted by atomic mass is 10.1. The van der Waals surface area contributed by atoms with Crippen LogP contribution in [-0.4, -0.2) is 79.2 Å². The Morgan fingerprint density at radius 3 is 2.27 bits per heavy atom. The maximum absolute atomic E-state index is 12.9. The molecular weight excluding hydrogens is 614 g/mol. The zero-order chi connectivity index (χ0) is 27.3. The van der Waals surface area contributed by atoms with Gasteiger partial charge in [-0.15, -0.1) is 0 Å². The van der Waals surface area contributed by atoms with Gasteiger partial charge in [0.05, 0.1) is 27.6 Å². The van der Waals surface area contributed by atoms with Crippen molar-refractivity contribution in [2.45, 2.75) is 26.4 Å². The molecule has 1 aromatic heterocycles. The van der Waals surface area contributed by atoms with Crippen LogP contribution in [-0.2, 0) is 14.3 Å². The number of amides is 3. The molecule has 0 saturated carbocycles. The number of ether oxygens (including phenoxy) is 2. The van der Waals surface area contributed by atoms with E-state index in [4.69, 9.17) is 4.74 Å². The Kier molecular flexibility index (Phi) is 9.24. The number of aromatic amines is 1. The molecule has 3 N–H and O–H groups in total. The van der Waals surface area contributed by atoms with Crippen molar-refractivity contribution in [1.29, 1.82) is 0 Å². The first-order valence-corrected chi connectivity index (χ1v) is 13.0. The number of esters is 1. The number of H-pyrrole nitrogens is 1. The molecule has 200 valence electrons. The molecule has 11 nitrogen and oxygen atoms in total. The van der Waals surface area contributed by atoms with E-state index in [-0.39, 0.29) is 18.5 Å². The van der Waals surface area contributed by atoms with E-state index in [0.29, 0.717) is 57.9 Å². The summed E-state index contributed by atoms with van der Waals surface area (Å²) in [6.45, 7) is 6.88. The van der Waals surface area contributed by atoms with Gasteiger partial charge in [-0.25, -0.2) is 4.79 Å². The highest BCUT2D eigenvalue weighted by atomic mass is 79.9. The van der Waals surface area contributed by atoms with Crippen molar-refractivity contribution in [1.82, 2.24) is 15.2 Å². The number of hydrogen-bond donors (Lipinski definition) is 3. The number of carbonyl (C=O) groups excluding carboxylic acids is 4. The SMILES string of the molecule is COC(=O)CNC(=O)c1ccc(NC(=O)c2cc(Br)c(Br)[nH]2)c(N2CCN(C(=O)OC(C)(C)C)CC2)c1. The van der Waals surface area contributed by atoms with Crippen LogP contribution in [0, 0.1) is 0 Å². The fraction of sp³-hybridized carbons (Fsp3) is 0.417. The third-order valence-corrected chi connectivity index (χ3v) is 7.15. The van der Waals surface area contributed by atoms with E-state index in [1.54, 1.807) is 29.2 Å². The Hall–Kier alpha value is -3.06. The monoisotopic (exact) mass is 641 g/mol. The van der Waals surface area contributed by atoms with Crippen molar-refractivity contribution in [3.8, 4) is 0 Å². The van der Waals surface area contributed by atoms with Gasteiger partial charge in [-0.3, -0.25) is 14.4 Å². The number of halogens is 2. The fourth-order valence-corrected chi connectivity index (χ4v) is 4.20. The van der Waals surface area contributed by atoms with E-state index in [9.17, 15) is 19.2 Å². The summed E-state index contributed by atoms with van der Waals surface area (Å²) < 4.78 is 11.4. The summed E-state index contributed by atoms with van der Waals surface area (Å²) in [5.41, 5.74) is 1.13. The molecule has 3 rings (SSSR count). The molecular formula is C24H29Br2N5O6. The van der Waals surface area contributed by atoms with E-state index in [2.05, 4.69) is 52.2 Å². The number of carbonyl (C=O) groups is 4. The number of benzene rings is 1. The molecule has 1 saturated heterocycles. The lowest BCUT2D eigenvalue weighted by molar-refractivity contribution is -0.139. The minimum Gasteiger partial charge on any atom is -0.468 e. The van der Waals surface area contributed by atoms with Crippen molar-refractivity contribution in [2.75, 3.05) is 50.1 Å². The van der Waals surface area contributed by atoms with E-state index >= 15 is 0 Å². The molecule has 1 aliphatic rings. The third-order valence-electron chi connectivity index (χ3n) is 5.37. The number of piperazine rings is 1. The molecule has 0 atom stereocenters. The van der Waals surface area contributed by atoms with Gasteiger partial charge in [-0.1, -0.05) is 0 Å². The summed E-state index contributed by atoms with van der Waals surface area (Å²) in [6, 6.07) is 6.48. The summed E-state index contributed by atoms with van der Waals surface area (Å²) >= 11 is 6.68. The highest BCUT2D eigenvalue weighted by Crippen LogP contribution is 2.30. The Labute approximate surface area is 231 Å². The normalized spacial score (nSPS) is 13.7. The molecule has 0 spiro atoms. The van der Waals surface area contributed by atoms with Crippen LogP contribution >= 0.6 is 31.9 Å². The van der Waals surface area contributed by atoms with Crippen molar-refractivity contribution in [3.05, 3.63) is 44.6 Å². The predicted molar refractivity (Wildman–Crippen MR) is 145 cm³/mol. The lowest BCUT2D eigenvalue weighted by Gasteiger charge is -2.37. The zero-order valence-corrected chi connectivity index (χ0v) is 24.1. The summed E-state index contributed by atoms with van der Waals surface area (Å²) in [4.78, 5) is 56.0. The van der Waals surface area contributed by atoms with Crippen LogP contribution in [0.2, 0.25) is 0 Å². The van der Waals surface area contributed by atoms with E-state index in [1.165, 1.54) is 7.11 Å². The second-order valence-corrected chi connectivity index (χ2v) is 10.9. The van der Waals surface area contributed by atoms with Gasteiger partial charge in [-0.2, -0.15) is 0 Å². The number of aromatic nitrogens is 1. The number of hydrogen-bond acceptors (Lipinski definition) is 7. The van der Waals surface area contributed by atoms with Gasteiger partial charge >= 0.3 is 12.1 Å². The van der Waals surface area contributed by atoms with Crippen LogP contribution in [0.15, 0.2) is 33.3 Å². The standard InChI is InChI=1S/C24H29Br2N5O6/c1-24(2,3)37-23(35)31-9-7-30(8-10-31)18-11-14(21(33)27-13-19(32)36-4)5-6-16(18)29-22(34)17-12-15(25)20(26)28-17/h5-6,11-12,28H,7-10,13H2,1-4H3,(H,27,33)(H,29,34). The first-order chi connectivity index (χ1) is 17.4. The van der Waals surface area contributed by atoms with E-state index < -0.39 is 17.5 Å². The molecule has 0 bridgehead atoms. The van der Waals surface area contributed by atoms with Crippen LogP contribution in [0.4, 0.5) is 16.2 Å². The lowest BCUT2D eigenvalue weighted by Crippen LogP contribution is -2.50. The molecule has 3 amide bonds. The van der Waals surface area contributed by atoms with Crippen LogP contribution < -0.4 is 15.5 Å². The van der Waals surface area contributed by atoms with Gasteiger partial charge < -0.3 is 34.9 Å². The van der Waals surface area contributed by atoms with E-state index in [0.717, 1.165) is 0 Å². The van der Waals surface area contributed by atoms with Gasteiger partial charge in [0, 0.05) is 31.7 Å². The van der Waals surface area contributed by atoms with Gasteiger partial charge in [0.1, 0.15) is 17.8 Å². The van der Waals surface area contributed by atoms with Crippen molar-refractivity contribution in [2.24, 2.45) is 0 Å². The molecule has 0 aliphatic carbocycles. The number of methoxy groups -OCH3 is 1. The largest absolute Gasteiger partial charge is 0.468 e. The van der Waals surface area contributed by atoms with Crippen molar-refractivity contribution in [3.63, 3.8) is 0 Å². The average Bonchev–Trinajstić information content (AvgIpc) is 3.19. The van der Waals surface area contributed by atoms with Crippen LogP contribution in [0.3, 0.4) is 0 Å². The average molecular weight is 643 g/mol. The third kappa shape index (κ3) is 7.71. The fourth-order valence-electron chi connectivity index (χ4n) is 3.54. The quantitative estimate of drug-likeness (QED) is 0.409. The Bertz CT molecular complexity index is 1170. The Morgan fingerprint density at radius 2 is 1.70 bits per heavy atom. The summed E-state index contributed by atoms with van der Waals surface area (Å²) in [5.74, 6) is -1.41. The minimum atomic E-state index is -0.598. The molecule has 2 heterocycles.